The molecule has 27 heavy (non-hydrogen) atoms. The molecule has 3 aromatic rings. The molecule has 3 rings (SSSR count). The average Bonchev–Trinajstić information content (AvgIpc) is 3.22. The third kappa shape index (κ3) is 4.70. The number of carbonyl (C=O) groups is 2. The number of thiophene rings is 1. The summed E-state index contributed by atoms with van der Waals surface area (Å²) in [6.07, 6.45) is 0. The highest BCUT2D eigenvalue weighted by atomic mass is 32.1. The first-order valence-corrected chi connectivity index (χ1v) is 9.67. The van der Waals surface area contributed by atoms with Crippen molar-refractivity contribution in [2.24, 2.45) is 0 Å². The molecule has 0 saturated carbocycles. The van der Waals surface area contributed by atoms with E-state index < -0.39 is 0 Å². The average molecular weight is 378 g/mol. The first-order chi connectivity index (χ1) is 13.1. The zero-order chi connectivity index (χ0) is 19.2. The number of ketones is 1. The molecule has 138 valence electrons. The number of likely N-dealkylation sites (N-methyl/N-ethyl adjacent to an activating group) is 1. The van der Waals surface area contributed by atoms with Crippen LogP contribution in [0.4, 0.5) is 0 Å². The van der Waals surface area contributed by atoms with E-state index in [2.05, 4.69) is 21.7 Å². The first kappa shape index (κ1) is 19.0. The second-order valence-corrected chi connectivity index (χ2v) is 7.30. The molecule has 0 fully saturated rings. The number of benzene rings is 2. The monoisotopic (exact) mass is 378 g/mol. The van der Waals surface area contributed by atoms with E-state index in [9.17, 15) is 9.59 Å². The minimum atomic E-state index is -0.143. The molecule has 4 nitrogen and oxygen atoms in total. The van der Waals surface area contributed by atoms with Gasteiger partial charge in [0, 0.05) is 23.2 Å². The molecule has 1 N–H and O–H groups in total. The zero-order valence-corrected chi connectivity index (χ0v) is 16.2. The summed E-state index contributed by atoms with van der Waals surface area (Å²) in [7, 11) is 4.00. The summed E-state index contributed by atoms with van der Waals surface area (Å²) in [5.74, 6) is -0.191. The third-order valence-electron chi connectivity index (χ3n) is 4.45. The summed E-state index contributed by atoms with van der Waals surface area (Å²) in [6.45, 7) is 0.521. The summed E-state index contributed by atoms with van der Waals surface area (Å²) in [4.78, 5) is 27.0. The highest BCUT2D eigenvalue weighted by Gasteiger charge is 2.16. The first-order valence-electron chi connectivity index (χ1n) is 8.73. The number of rotatable bonds is 7. The highest BCUT2D eigenvalue weighted by Crippen LogP contribution is 2.20. The molecule has 5 heteroatoms. The van der Waals surface area contributed by atoms with Crippen molar-refractivity contribution in [2.45, 2.75) is 6.04 Å². The van der Waals surface area contributed by atoms with E-state index in [4.69, 9.17) is 0 Å². The Bertz CT molecular complexity index is 888. The van der Waals surface area contributed by atoms with Gasteiger partial charge in [-0.05, 0) is 48.6 Å². The predicted molar refractivity (Wildman–Crippen MR) is 109 cm³/mol. The standard InChI is InChI=1S/C22H22N2O2S/c1-24(2)20(19-12-13-27-15-19)14-23-22(26)18-10-8-17(9-11-18)21(25)16-6-4-3-5-7-16/h3-13,15,20H,14H2,1-2H3,(H,23,26)/t20-/m0/s1. The predicted octanol–water partition coefficient (Wildman–Crippen LogP) is 4.01. The van der Waals surface area contributed by atoms with Crippen molar-refractivity contribution in [3.8, 4) is 0 Å². The second kappa shape index (κ2) is 8.75. The lowest BCUT2D eigenvalue weighted by atomic mass is 10.0. The Balaban J connectivity index is 1.64. The molecule has 0 spiro atoms. The fraction of sp³-hybridized carbons (Fsp3) is 0.182. The van der Waals surface area contributed by atoms with Gasteiger partial charge in [0.1, 0.15) is 0 Å². The summed E-state index contributed by atoms with van der Waals surface area (Å²) >= 11 is 1.65. The minimum Gasteiger partial charge on any atom is -0.350 e. The molecule has 0 saturated heterocycles. The van der Waals surface area contributed by atoms with Gasteiger partial charge in [-0.15, -0.1) is 0 Å². The fourth-order valence-corrected chi connectivity index (χ4v) is 3.59. The fourth-order valence-electron chi connectivity index (χ4n) is 2.88. The van der Waals surface area contributed by atoms with Crippen LogP contribution in [0, 0.1) is 0 Å². The number of hydrogen-bond acceptors (Lipinski definition) is 4. The van der Waals surface area contributed by atoms with E-state index in [1.54, 1.807) is 47.7 Å². The van der Waals surface area contributed by atoms with Crippen molar-refractivity contribution < 1.29 is 9.59 Å². The van der Waals surface area contributed by atoms with Crippen molar-refractivity contribution in [1.82, 2.24) is 10.2 Å². The van der Waals surface area contributed by atoms with Gasteiger partial charge >= 0.3 is 0 Å². The Hall–Kier alpha value is -2.76. The molecule has 0 aliphatic carbocycles. The molecule has 0 aliphatic heterocycles. The smallest absolute Gasteiger partial charge is 0.251 e. The second-order valence-electron chi connectivity index (χ2n) is 6.52. The van der Waals surface area contributed by atoms with Gasteiger partial charge in [0.2, 0.25) is 0 Å². The van der Waals surface area contributed by atoms with Gasteiger partial charge in [-0.1, -0.05) is 42.5 Å². The lowest BCUT2D eigenvalue weighted by Gasteiger charge is -2.24. The largest absolute Gasteiger partial charge is 0.350 e. The van der Waals surface area contributed by atoms with Crippen LogP contribution in [0.1, 0.15) is 37.9 Å². The zero-order valence-electron chi connectivity index (χ0n) is 15.4. The topological polar surface area (TPSA) is 49.4 Å². The van der Waals surface area contributed by atoms with E-state index in [0.717, 1.165) is 0 Å². The van der Waals surface area contributed by atoms with Crippen LogP contribution in [0.5, 0.6) is 0 Å². The maximum Gasteiger partial charge on any atom is 0.251 e. The van der Waals surface area contributed by atoms with Gasteiger partial charge in [-0.2, -0.15) is 11.3 Å². The minimum absolute atomic E-state index is 0.0484. The number of carbonyl (C=O) groups excluding carboxylic acids is 2. The van der Waals surface area contributed by atoms with Crippen LogP contribution in [-0.2, 0) is 0 Å². The van der Waals surface area contributed by atoms with Crippen LogP contribution in [0.2, 0.25) is 0 Å². The Kier molecular flexibility index (Phi) is 6.16. The number of nitrogens with zero attached hydrogens (tertiary/aromatic N) is 1. The van der Waals surface area contributed by atoms with E-state index >= 15 is 0 Å². The van der Waals surface area contributed by atoms with Crippen molar-refractivity contribution in [3.63, 3.8) is 0 Å². The summed E-state index contributed by atoms with van der Waals surface area (Å²) in [5.41, 5.74) is 2.94. The van der Waals surface area contributed by atoms with E-state index in [0.29, 0.717) is 23.2 Å². The third-order valence-corrected chi connectivity index (χ3v) is 5.15. The van der Waals surface area contributed by atoms with Crippen LogP contribution in [-0.4, -0.2) is 37.2 Å². The number of amides is 1. The van der Waals surface area contributed by atoms with Gasteiger partial charge in [0.15, 0.2) is 5.78 Å². The molecule has 2 aromatic carbocycles. The SMILES string of the molecule is CN(C)[C@@H](CNC(=O)c1ccc(C(=O)c2ccccc2)cc1)c1ccsc1. The molecular formula is C22H22N2O2S. The van der Waals surface area contributed by atoms with Gasteiger partial charge in [-0.25, -0.2) is 0 Å². The van der Waals surface area contributed by atoms with E-state index in [-0.39, 0.29) is 17.7 Å². The quantitative estimate of drug-likeness (QED) is 0.632. The Morgan fingerprint density at radius 3 is 2.15 bits per heavy atom. The number of hydrogen-bond donors (Lipinski definition) is 1. The van der Waals surface area contributed by atoms with Crippen molar-refractivity contribution in [2.75, 3.05) is 20.6 Å². The van der Waals surface area contributed by atoms with Crippen LogP contribution >= 0.6 is 11.3 Å². The Morgan fingerprint density at radius 2 is 1.56 bits per heavy atom. The molecular weight excluding hydrogens is 356 g/mol. The Labute approximate surface area is 163 Å². The maximum absolute atomic E-state index is 12.5. The van der Waals surface area contributed by atoms with Crippen LogP contribution in [0.15, 0.2) is 71.4 Å². The highest BCUT2D eigenvalue weighted by molar-refractivity contribution is 7.07. The van der Waals surface area contributed by atoms with Crippen LogP contribution in [0.25, 0.3) is 0 Å². The lowest BCUT2D eigenvalue weighted by molar-refractivity contribution is 0.0940. The van der Waals surface area contributed by atoms with Gasteiger partial charge in [0.05, 0.1) is 6.04 Å². The van der Waals surface area contributed by atoms with Gasteiger partial charge in [-0.3, -0.25) is 9.59 Å². The lowest BCUT2D eigenvalue weighted by Crippen LogP contribution is -2.34. The van der Waals surface area contributed by atoms with Gasteiger partial charge in [0.25, 0.3) is 5.91 Å². The molecule has 1 aromatic heterocycles. The summed E-state index contributed by atoms with van der Waals surface area (Å²) < 4.78 is 0. The molecule has 1 heterocycles. The normalized spacial score (nSPS) is 12.0. The van der Waals surface area contributed by atoms with E-state index in [1.807, 2.05) is 37.7 Å². The molecule has 0 bridgehead atoms. The summed E-state index contributed by atoms with van der Waals surface area (Å²) in [6, 6.07) is 18.1. The number of nitrogens with one attached hydrogen (secondary N) is 1. The Morgan fingerprint density at radius 1 is 0.926 bits per heavy atom. The van der Waals surface area contributed by atoms with Crippen molar-refractivity contribution in [3.05, 3.63) is 93.7 Å². The molecule has 0 aliphatic rings. The molecule has 0 radical (unpaired) electrons. The van der Waals surface area contributed by atoms with E-state index in [1.165, 1.54) is 5.56 Å². The van der Waals surface area contributed by atoms with Crippen LogP contribution < -0.4 is 5.32 Å². The molecule has 0 unspecified atom stereocenters. The molecule has 1 amide bonds. The molecule has 1 atom stereocenters. The summed E-state index contributed by atoms with van der Waals surface area (Å²) in [5, 5.41) is 7.12. The van der Waals surface area contributed by atoms with Crippen LogP contribution in [0.3, 0.4) is 0 Å². The van der Waals surface area contributed by atoms with Gasteiger partial charge < -0.3 is 10.2 Å². The van der Waals surface area contributed by atoms with Crippen molar-refractivity contribution in [1.29, 1.82) is 0 Å². The maximum atomic E-state index is 12.5. The van der Waals surface area contributed by atoms with Crippen molar-refractivity contribution >= 4 is 23.0 Å².